The van der Waals surface area contributed by atoms with Gasteiger partial charge < -0.3 is 20.1 Å². The van der Waals surface area contributed by atoms with Gasteiger partial charge in [-0.25, -0.2) is 0 Å². The Morgan fingerprint density at radius 1 is 1.21 bits per heavy atom. The summed E-state index contributed by atoms with van der Waals surface area (Å²) in [5.74, 6) is 1.76. The van der Waals surface area contributed by atoms with E-state index in [0.29, 0.717) is 11.5 Å². The molecule has 1 saturated carbocycles. The molecule has 1 unspecified atom stereocenters. The zero-order valence-corrected chi connectivity index (χ0v) is 15.9. The Morgan fingerprint density at radius 2 is 2.00 bits per heavy atom. The first-order chi connectivity index (χ1) is 11.6. The fourth-order valence-electron chi connectivity index (χ4n) is 3.63. The van der Waals surface area contributed by atoms with E-state index in [2.05, 4.69) is 31.4 Å². The summed E-state index contributed by atoms with van der Waals surface area (Å²) < 4.78 is 11.1. The Balaban J connectivity index is 1.67. The van der Waals surface area contributed by atoms with E-state index >= 15 is 0 Å². The molecular formula is C19H37N3O2. The van der Waals surface area contributed by atoms with Crippen LogP contribution in [0, 0.1) is 11.3 Å². The fraction of sp³-hybridized carbons (Fsp3) is 0.947. The van der Waals surface area contributed by atoms with Crippen LogP contribution in [0.15, 0.2) is 4.99 Å². The molecule has 1 aliphatic heterocycles. The Labute approximate surface area is 148 Å². The van der Waals surface area contributed by atoms with Gasteiger partial charge in [0.15, 0.2) is 5.96 Å². The topological polar surface area (TPSA) is 54.9 Å². The number of aliphatic imine (C=N–C) groups is 1. The van der Waals surface area contributed by atoms with Gasteiger partial charge >= 0.3 is 0 Å². The maximum Gasteiger partial charge on any atom is 0.191 e. The molecule has 0 radical (unpaired) electrons. The highest BCUT2D eigenvalue weighted by atomic mass is 16.5. The summed E-state index contributed by atoms with van der Waals surface area (Å²) in [6.45, 7) is 11.9. The largest absolute Gasteiger partial charge is 0.379 e. The van der Waals surface area contributed by atoms with E-state index in [1.54, 1.807) is 0 Å². The molecule has 0 aromatic heterocycles. The van der Waals surface area contributed by atoms with Gasteiger partial charge in [0, 0.05) is 32.8 Å². The second-order valence-corrected chi connectivity index (χ2v) is 7.80. The number of nitrogens with zero attached hydrogens (tertiary/aromatic N) is 1. The maximum absolute atomic E-state index is 5.80. The van der Waals surface area contributed by atoms with E-state index in [9.17, 15) is 0 Å². The number of hydrogen-bond acceptors (Lipinski definition) is 3. The monoisotopic (exact) mass is 339 g/mol. The Kier molecular flexibility index (Phi) is 8.33. The summed E-state index contributed by atoms with van der Waals surface area (Å²) >= 11 is 0. The van der Waals surface area contributed by atoms with E-state index in [1.165, 1.54) is 25.7 Å². The standard InChI is InChI=1S/C19H37N3O2/c1-4-20-18(21-11-7-12-24-17-10-13-23-14-17)22-15-19(2,3)16-8-5-6-9-16/h16-17H,4-15H2,1-3H3,(H2,20,21,22). The zero-order valence-electron chi connectivity index (χ0n) is 15.9. The van der Waals surface area contributed by atoms with Crippen LogP contribution in [-0.2, 0) is 9.47 Å². The first kappa shape index (κ1) is 19.5. The fourth-order valence-corrected chi connectivity index (χ4v) is 3.63. The quantitative estimate of drug-likeness (QED) is 0.385. The highest BCUT2D eigenvalue weighted by molar-refractivity contribution is 5.79. The van der Waals surface area contributed by atoms with Crippen molar-refractivity contribution in [3.8, 4) is 0 Å². The van der Waals surface area contributed by atoms with Crippen LogP contribution in [0.2, 0.25) is 0 Å². The molecule has 0 aromatic carbocycles. The molecule has 1 atom stereocenters. The van der Waals surface area contributed by atoms with Gasteiger partial charge in [0.05, 0.1) is 12.7 Å². The van der Waals surface area contributed by atoms with E-state index in [1.807, 2.05) is 0 Å². The third-order valence-electron chi connectivity index (χ3n) is 5.30. The van der Waals surface area contributed by atoms with Crippen LogP contribution in [0.5, 0.6) is 0 Å². The number of nitrogens with one attached hydrogen (secondary N) is 2. The van der Waals surface area contributed by atoms with Crippen molar-refractivity contribution in [3.63, 3.8) is 0 Å². The van der Waals surface area contributed by atoms with Gasteiger partial charge in [-0.3, -0.25) is 4.99 Å². The molecule has 2 N–H and O–H groups in total. The third kappa shape index (κ3) is 6.60. The lowest BCUT2D eigenvalue weighted by molar-refractivity contribution is 0.0420. The highest BCUT2D eigenvalue weighted by Gasteiger charge is 2.31. The van der Waals surface area contributed by atoms with Crippen LogP contribution in [0.4, 0.5) is 0 Å². The third-order valence-corrected chi connectivity index (χ3v) is 5.30. The summed E-state index contributed by atoms with van der Waals surface area (Å²) in [5, 5.41) is 6.79. The number of rotatable bonds is 9. The van der Waals surface area contributed by atoms with Gasteiger partial charge in [-0.2, -0.15) is 0 Å². The zero-order chi connectivity index (χ0) is 17.3. The molecule has 1 aliphatic carbocycles. The van der Waals surface area contributed by atoms with Crippen LogP contribution < -0.4 is 10.6 Å². The van der Waals surface area contributed by atoms with Crippen molar-refractivity contribution in [1.29, 1.82) is 0 Å². The molecule has 140 valence electrons. The van der Waals surface area contributed by atoms with Crippen LogP contribution in [0.1, 0.15) is 59.3 Å². The van der Waals surface area contributed by atoms with Crippen LogP contribution >= 0.6 is 0 Å². The van der Waals surface area contributed by atoms with Gasteiger partial charge in [-0.15, -0.1) is 0 Å². The van der Waals surface area contributed by atoms with Crippen molar-refractivity contribution in [1.82, 2.24) is 10.6 Å². The molecule has 2 rings (SSSR count). The molecule has 1 heterocycles. The Hall–Kier alpha value is -0.810. The van der Waals surface area contributed by atoms with Gasteiger partial charge in [-0.1, -0.05) is 26.7 Å². The molecular weight excluding hydrogens is 302 g/mol. The number of hydrogen-bond donors (Lipinski definition) is 2. The maximum atomic E-state index is 5.80. The normalized spacial score (nSPS) is 23.0. The first-order valence-corrected chi connectivity index (χ1v) is 9.83. The Morgan fingerprint density at radius 3 is 2.67 bits per heavy atom. The van der Waals surface area contributed by atoms with Crippen molar-refractivity contribution in [2.24, 2.45) is 16.3 Å². The van der Waals surface area contributed by atoms with Gasteiger partial charge in [0.1, 0.15) is 0 Å². The van der Waals surface area contributed by atoms with Crippen molar-refractivity contribution in [2.75, 3.05) is 39.5 Å². The van der Waals surface area contributed by atoms with Crippen LogP contribution in [-0.4, -0.2) is 51.5 Å². The molecule has 0 bridgehead atoms. The summed E-state index contributed by atoms with van der Waals surface area (Å²) in [7, 11) is 0. The average Bonchev–Trinajstić information content (AvgIpc) is 3.25. The number of ether oxygens (including phenoxy) is 2. The minimum Gasteiger partial charge on any atom is -0.379 e. The van der Waals surface area contributed by atoms with Gasteiger partial charge in [-0.05, 0) is 43.9 Å². The molecule has 5 heteroatoms. The first-order valence-electron chi connectivity index (χ1n) is 9.83. The second-order valence-electron chi connectivity index (χ2n) is 7.80. The molecule has 1 saturated heterocycles. The summed E-state index contributed by atoms with van der Waals surface area (Å²) in [6, 6.07) is 0. The highest BCUT2D eigenvalue weighted by Crippen LogP contribution is 2.39. The average molecular weight is 340 g/mol. The van der Waals surface area contributed by atoms with E-state index in [-0.39, 0.29) is 0 Å². The van der Waals surface area contributed by atoms with E-state index < -0.39 is 0 Å². The van der Waals surface area contributed by atoms with Crippen LogP contribution in [0.25, 0.3) is 0 Å². The van der Waals surface area contributed by atoms with Gasteiger partial charge in [0.2, 0.25) is 0 Å². The Bertz CT molecular complexity index is 373. The van der Waals surface area contributed by atoms with Crippen molar-refractivity contribution < 1.29 is 9.47 Å². The van der Waals surface area contributed by atoms with Gasteiger partial charge in [0.25, 0.3) is 0 Å². The van der Waals surface area contributed by atoms with Crippen molar-refractivity contribution >= 4 is 5.96 Å². The van der Waals surface area contributed by atoms with Crippen LogP contribution in [0.3, 0.4) is 0 Å². The summed E-state index contributed by atoms with van der Waals surface area (Å²) in [5.41, 5.74) is 0.296. The number of guanidine groups is 1. The minimum atomic E-state index is 0.296. The lowest BCUT2D eigenvalue weighted by atomic mass is 9.78. The molecule has 2 aliphatic rings. The van der Waals surface area contributed by atoms with Crippen molar-refractivity contribution in [3.05, 3.63) is 0 Å². The summed E-state index contributed by atoms with van der Waals surface area (Å²) in [6.07, 6.45) is 7.85. The molecule has 24 heavy (non-hydrogen) atoms. The minimum absolute atomic E-state index is 0.296. The second kappa shape index (κ2) is 10.2. The molecule has 0 aromatic rings. The van der Waals surface area contributed by atoms with Crippen molar-refractivity contribution in [2.45, 2.75) is 65.4 Å². The van der Waals surface area contributed by atoms with E-state index in [4.69, 9.17) is 14.5 Å². The molecule has 2 fully saturated rings. The lowest BCUT2D eigenvalue weighted by Crippen LogP contribution is -2.39. The predicted molar refractivity (Wildman–Crippen MR) is 99.5 cm³/mol. The molecule has 0 amide bonds. The lowest BCUT2D eigenvalue weighted by Gasteiger charge is -2.30. The predicted octanol–water partition coefficient (Wildman–Crippen LogP) is 2.95. The summed E-state index contributed by atoms with van der Waals surface area (Å²) in [4.78, 5) is 4.84. The smallest absolute Gasteiger partial charge is 0.191 e. The molecule has 5 nitrogen and oxygen atoms in total. The van der Waals surface area contributed by atoms with E-state index in [0.717, 1.165) is 64.2 Å². The molecule has 0 spiro atoms. The SMILES string of the molecule is CCNC(=NCC(C)(C)C1CCCC1)NCCCOC1CCOC1.